The minimum Gasteiger partial charge on any atom is -0.383 e. The third-order valence-electron chi connectivity index (χ3n) is 1.85. The van der Waals surface area contributed by atoms with E-state index in [-0.39, 0.29) is 6.54 Å². The summed E-state index contributed by atoms with van der Waals surface area (Å²) < 4.78 is 4.73. The highest BCUT2D eigenvalue weighted by atomic mass is 16.5. The lowest BCUT2D eigenvalue weighted by Gasteiger charge is -2.02. The van der Waals surface area contributed by atoms with Crippen molar-refractivity contribution >= 4 is 18.0 Å². The second-order valence-corrected chi connectivity index (χ2v) is 3.20. The molecule has 0 fully saturated rings. The van der Waals surface area contributed by atoms with Gasteiger partial charge in [0.25, 0.3) is 0 Å². The Morgan fingerprint density at radius 3 is 2.94 bits per heavy atom. The quantitative estimate of drug-likeness (QED) is 0.312. The van der Waals surface area contributed by atoms with Crippen LogP contribution >= 0.6 is 0 Å². The van der Waals surface area contributed by atoms with Crippen molar-refractivity contribution in [1.29, 1.82) is 0 Å². The monoisotopic (exact) mass is 250 g/mol. The second-order valence-electron chi connectivity index (χ2n) is 3.20. The van der Waals surface area contributed by atoms with Crippen LogP contribution in [-0.2, 0) is 14.3 Å². The molecule has 18 heavy (non-hydrogen) atoms. The molecule has 0 aliphatic carbocycles. The van der Waals surface area contributed by atoms with Gasteiger partial charge in [-0.3, -0.25) is 14.6 Å². The van der Waals surface area contributed by atoms with Gasteiger partial charge < -0.3 is 10.1 Å². The van der Waals surface area contributed by atoms with Crippen LogP contribution < -0.4 is 10.7 Å². The van der Waals surface area contributed by atoms with Crippen molar-refractivity contribution in [2.45, 2.75) is 0 Å². The maximum atomic E-state index is 11.2. The molecule has 1 aromatic rings. The number of rotatable bonds is 5. The lowest BCUT2D eigenvalue weighted by molar-refractivity contribution is -0.139. The fourth-order valence-corrected chi connectivity index (χ4v) is 1.01. The van der Waals surface area contributed by atoms with Crippen LogP contribution in [0.5, 0.6) is 0 Å². The van der Waals surface area contributed by atoms with E-state index in [2.05, 4.69) is 20.8 Å². The number of amides is 2. The van der Waals surface area contributed by atoms with Gasteiger partial charge in [0, 0.05) is 19.9 Å². The van der Waals surface area contributed by atoms with E-state index in [4.69, 9.17) is 4.74 Å². The number of nitrogens with one attached hydrogen (secondary N) is 2. The largest absolute Gasteiger partial charge is 0.383 e. The summed E-state index contributed by atoms with van der Waals surface area (Å²) >= 11 is 0. The molecular weight excluding hydrogens is 236 g/mol. The highest BCUT2D eigenvalue weighted by molar-refractivity contribution is 6.35. The highest BCUT2D eigenvalue weighted by Gasteiger charge is 2.10. The van der Waals surface area contributed by atoms with Crippen LogP contribution in [0, 0.1) is 0 Å². The van der Waals surface area contributed by atoms with Gasteiger partial charge in [-0.05, 0) is 12.1 Å². The number of ether oxygens (including phenoxy) is 1. The van der Waals surface area contributed by atoms with Crippen LogP contribution in [0.1, 0.15) is 5.69 Å². The van der Waals surface area contributed by atoms with E-state index in [9.17, 15) is 9.59 Å². The molecule has 0 spiro atoms. The molecule has 1 heterocycles. The molecule has 0 aromatic carbocycles. The summed E-state index contributed by atoms with van der Waals surface area (Å²) in [6.45, 7) is 0.614. The molecule has 96 valence electrons. The van der Waals surface area contributed by atoms with Crippen LogP contribution in [-0.4, -0.2) is 43.3 Å². The zero-order chi connectivity index (χ0) is 13.2. The van der Waals surface area contributed by atoms with E-state index in [1.165, 1.54) is 13.3 Å². The summed E-state index contributed by atoms with van der Waals surface area (Å²) in [5.41, 5.74) is 2.68. The van der Waals surface area contributed by atoms with Gasteiger partial charge in [-0.1, -0.05) is 6.07 Å². The Balaban J connectivity index is 2.32. The second kappa shape index (κ2) is 7.91. The number of nitrogens with zero attached hydrogens (tertiary/aromatic N) is 2. The summed E-state index contributed by atoms with van der Waals surface area (Å²) in [5.74, 6) is -1.59. The molecule has 2 amide bonds. The Morgan fingerprint density at radius 1 is 1.44 bits per heavy atom. The molecule has 0 saturated carbocycles. The molecule has 0 aliphatic heterocycles. The van der Waals surface area contributed by atoms with Gasteiger partial charge in [0.05, 0.1) is 18.5 Å². The minimum absolute atomic E-state index is 0.271. The Labute approximate surface area is 104 Å². The van der Waals surface area contributed by atoms with Crippen molar-refractivity contribution in [3.05, 3.63) is 30.1 Å². The molecular formula is C11H14N4O3. The summed E-state index contributed by atoms with van der Waals surface area (Å²) in [6.07, 6.45) is 2.95. The fourth-order valence-electron chi connectivity index (χ4n) is 1.01. The average Bonchev–Trinajstić information content (AvgIpc) is 2.40. The van der Waals surface area contributed by atoms with Crippen molar-refractivity contribution in [2.75, 3.05) is 20.3 Å². The van der Waals surface area contributed by atoms with Gasteiger partial charge in [-0.15, -0.1) is 0 Å². The number of methoxy groups -OCH3 is 1. The molecule has 0 atom stereocenters. The molecule has 1 rings (SSSR count). The van der Waals surface area contributed by atoms with Crippen molar-refractivity contribution in [3.63, 3.8) is 0 Å². The maximum absolute atomic E-state index is 11.2. The molecule has 7 heteroatoms. The van der Waals surface area contributed by atoms with Crippen LogP contribution in [0.15, 0.2) is 29.5 Å². The first kappa shape index (κ1) is 13.8. The normalized spacial score (nSPS) is 10.3. The van der Waals surface area contributed by atoms with Gasteiger partial charge in [0.1, 0.15) is 0 Å². The molecule has 1 aromatic heterocycles. The molecule has 2 N–H and O–H groups in total. The van der Waals surface area contributed by atoms with Crippen LogP contribution in [0.25, 0.3) is 0 Å². The number of hydrogen-bond donors (Lipinski definition) is 2. The lowest BCUT2D eigenvalue weighted by atomic mass is 10.4. The maximum Gasteiger partial charge on any atom is 0.329 e. The SMILES string of the molecule is COCCNC(=O)C(=O)N/N=C\c1ccccn1. The summed E-state index contributed by atoms with van der Waals surface area (Å²) in [6, 6.07) is 5.26. The van der Waals surface area contributed by atoms with E-state index in [1.807, 2.05) is 0 Å². The predicted molar refractivity (Wildman–Crippen MR) is 64.9 cm³/mol. The third-order valence-corrected chi connectivity index (χ3v) is 1.85. The van der Waals surface area contributed by atoms with Gasteiger partial charge in [0.15, 0.2) is 0 Å². The van der Waals surface area contributed by atoms with E-state index in [0.29, 0.717) is 12.3 Å². The lowest BCUT2D eigenvalue weighted by Crippen LogP contribution is -2.39. The smallest absolute Gasteiger partial charge is 0.329 e. The van der Waals surface area contributed by atoms with Gasteiger partial charge in [0.2, 0.25) is 0 Å². The first-order valence-electron chi connectivity index (χ1n) is 5.25. The zero-order valence-corrected chi connectivity index (χ0v) is 9.92. The van der Waals surface area contributed by atoms with Crippen LogP contribution in [0.2, 0.25) is 0 Å². The van der Waals surface area contributed by atoms with Crippen LogP contribution in [0.3, 0.4) is 0 Å². The summed E-state index contributed by atoms with van der Waals surface area (Å²) in [4.78, 5) is 26.4. The number of hydrazone groups is 1. The minimum atomic E-state index is -0.835. The molecule has 0 aliphatic rings. The highest BCUT2D eigenvalue weighted by Crippen LogP contribution is 1.87. The fraction of sp³-hybridized carbons (Fsp3) is 0.273. The van der Waals surface area contributed by atoms with E-state index in [0.717, 1.165) is 0 Å². The predicted octanol–water partition coefficient (Wildman–Crippen LogP) is -0.706. The molecule has 0 saturated heterocycles. The Morgan fingerprint density at radius 2 is 2.28 bits per heavy atom. The molecule has 0 radical (unpaired) electrons. The first-order valence-corrected chi connectivity index (χ1v) is 5.25. The summed E-state index contributed by atoms with van der Waals surface area (Å²) in [7, 11) is 1.50. The van der Waals surface area contributed by atoms with E-state index in [1.54, 1.807) is 24.4 Å². The van der Waals surface area contributed by atoms with Crippen molar-refractivity contribution in [2.24, 2.45) is 5.10 Å². The molecule has 0 bridgehead atoms. The van der Waals surface area contributed by atoms with Gasteiger partial charge in [-0.2, -0.15) is 5.10 Å². The number of pyridine rings is 1. The topological polar surface area (TPSA) is 92.7 Å². The summed E-state index contributed by atoms with van der Waals surface area (Å²) in [5, 5.41) is 5.98. The van der Waals surface area contributed by atoms with Crippen molar-refractivity contribution < 1.29 is 14.3 Å². The van der Waals surface area contributed by atoms with E-state index < -0.39 is 11.8 Å². The molecule has 0 unspecified atom stereocenters. The standard InChI is InChI=1S/C11H14N4O3/c1-18-7-6-13-10(16)11(17)15-14-8-9-4-2-3-5-12-9/h2-5,8H,6-7H2,1H3,(H,13,16)(H,15,17)/b14-8-. The number of carbonyl (C=O) groups is 2. The van der Waals surface area contributed by atoms with E-state index >= 15 is 0 Å². The number of hydrogen-bond acceptors (Lipinski definition) is 5. The number of carbonyl (C=O) groups excluding carboxylic acids is 2. The molecule has 7 nitrogen and oxygen atoms in total. The van der Waals surface area contributed by atoms with Gasteiger partial charge >= 0.3 is 11.8 Å². The Kier molecular flexibility index (Phi) is 6.05. The average molecular weight is 250 g/mol. The first-order chi connectivity index (χ1) is 8.74. The Bertz CT molecular complexity index is 420. The zero-order valence-electron chi connectivity index (χ0n) is 9.92. The van der Waals surface area contributed by atoms with Crippen LogP contribution in [0.4, 0.5) is 0 Å². The third kappa shape index (κ3) is 5.17. The van der Waals surface area contributed by atoms with Crippen molar-refractivity contribution in [1.82, 2.24) is 15.7 Å². The Hall–Kier alpha value is -2.28. The van der Waals surface area contributed by atoms with Gasteiger partial charge in [-0.25, -0.2) is 5.43 Å². The number of aromatic nitrogens is 1. The van der Waals surface area contributed by atoms with Crippen molar-refractivity contribution in [3.8, 4) is 0 Å².